The third kappa shape index (κ3) is 3.38. The minimum Gasteiger partial charge on any atom is -0.312 e. The van der Waals surface area contributed by atoms with Gasteiger partial charge < -0.3 is 5.32 Å². The highest BCUT2D eigenvalue weighted by atomic mass is 79.9. The van der Waals surface area contributed by atoms with E-state index in [1.165, 1.54) is 19.8 Å². The van der Waals surface area contributed by atoms with E-state index in [9.17, 15) is 0 Å². The first-order valence-electron chi connectivity index (χ1n) is 5.81. The molecule has 0 saturated carbocycles. The predicted octanol–water partition coefficient (Wildman–Crippen LogP) is 4.87. The number of nitrogens with one attached hydrogen (secondary N) is 1. The number of thioether (sulfide) groups is 1. The van der Waals surface area contributed by atoms with Gasteiger partial charge in [0.1, 0.15) is 0 Å². The zero-order valence-electron chi connectivity index (χ0n) is 10.4. The second-order valence-electron chi connectivity index (χ2n) is 4.01. The van der Waals surface area contributed by atoms with Crippen LogP contribution in [0.4, 0.5) is 0 Å². The van der Waals surface area contributed by atoms with Crippen molar-refractivity contribution >= 4 is 39.0 Å². The molecule has 1 atom stereocenters. The van der Waals surface area contributed by atoms with E-state index in [-0.39, 0.29) is 0 Å². The normalized spacial score (nSPS) is 12.6. The maximum absolute atomic E-state index is 3.59. The summed E-state index contributed by atoms with van der Waals surface area (Å²) >= 11 is 7.29. The number of rotatable bonds is 5. The molecule has 0 aliphatic carbocycles. The Morgan fingerprint density at radius 1 is 1.33 bits per heavy atom. The highest BCUT2D eigenvalue weighted by Crippen LogP contribution is 2.32. The lowest BCUT2D eigenvalue weighted by atomic mass is 10.1. The Hall–Kier alpha value is -0.290. The quantitative estimate of drug-likeness (QED) is 0.778. The Balaban J connectivity index is 2.05. The molecule has 0 amide bonds. The van der Waals surface area contributed by atoms with Crippen LogP contribution in [-0.2, 0) is 0 Å². The van der Waals surface area contributed by atoms with Crippen LogP contribution in [0.5, 0.6) is 0 Å². The van der Waals surface area contributed by atoms with Gasteiger partial charge in [-0.25, -0.2) is 0 Å². The van der Waals surface area contributed by atoms with Crippen LogP contribution in [0.15, 0.2) is 45.1 Å². The summed E-state index contributed by atoms with van der Waals surface area (Å²) in [6.45, 7) is 2.19. The van der Waals surface area contributed by atoms with Crippen LogP contribution in [0.25, 0.3) is 0 Å². The van der Waals surface area contributed by atoms with E-state index in [1.807, 2.05) is 36.2 Å². The molecule has 4 heteroatoms. The minimum absolute atomic E-state index is 0.411. The Morgan fingerprint density at radius 2 is 2.11 bits per heavy atom. The molecule has 1 aromatic heterocycles. The van der Waals surface area contributed by atoms with Gasteiger partial charge in [-0.1, -0.05) is 12.1 Å². The molecule has 96 valence electrons. The average molecular weight is 342 g/mol. The number of thiophene rings is 1. The molecule has 18 heavy (non-hydrogen) atoms. The van der Waals surface area contributed by atoms with Gasteiger partial charge in [-0.3, -0.25) is 0 Å². The van der Waals surface area contributed by atoms with Crippen molar-refractivity contribution in [1.29, 1.82) is 0 Å². The van der Waals surface area contributed by atoms with E-state index < -0.39 is 0 Å². The number of hydrogen-bond acceptors (Lipinski definition) is 3. The van der Waals surface area contributed by atoms with Crippen molar-refractivity contribution in [3.05, 3.63) is 50.6 Å². The number of hydrogen-bond donors (Lipinski definition) is 1. The van der Waals surface area contributed by atoms with Gasteiger partial charge >= 0.3 is 0 Å². The first-order chi connectivity index (χ1) is 8.72. The van der Waals surface area contributed by atoms with Crippen LogP contribution >= 0.6 is 39.0 Å². The summed E-state index contributed by atoms with van der Waals surface area (Å²) in [6.07, 6.45) is 0. The van der Waals surface area contributed by atoms with Gasteiger partial charge in [-0.15, -0.1) is 23.1 Å². The fourth-order valence-corrected chi connectivity index (χ4v) is 4.29. The van der Waals surface area contributed by atoms with Crippen molar-refractivity contribution in [2.24, 2.45) is 0 Å². The zero-order chi connectivity index (χ0) is 13.0. The van der Waals surface area contributed by atoms with Crippen molar-refractivity contribution < 1.29 is 0 Å². The second-order valence-corrected chi connectivity index (χ2v) is 7.05. The maximum atomic E-state index is 3.59. The molecule has 0 saturated heterocycles. The molecular formula is C14H16BrNS2. The minimum atomic E-state index is 0.411. The highest BCUT2D eigenvalue weighted by molar-refractivity contribution is 9.10. The molecule has 0 fully saturated rings. The van der Waals surface area contributed by atoms with Gasteiger partial charge in [0.05, 0.1) is 0 Å². The van der Waals surface area contributed by atoms with Crippen LogP contribution in [-0.4, -0.2) is 12.8 Å². The molecule has 2 aromatic rings. The lowest BCUT2D eigenvalue weighted by Gasteiger charge is -2.16. The summed E-state index contributed by atoms with van der Waals surface area (Å²) in [5.41, 5.74) is 1.42. The molecule has 0 bridgehead atoms. The van der Waals surface area contributed by atoms with Gasteiger partial charge in [-0.2, -0.15) is 0 Å². The SMILES string of the molecule is CNC(CSc1ccccc1Br)c1ccsc1C. The Bertz CT molecular complexity index is 510. The fraction of sp³-hybridized carbons (Fsp3) is 0.286. The van der Waals surface area contributed by atoms with Crippen LogP contribution in [0.2, 0.25) is 0 Å². The third-order valence-electron chi connectivity index (χ3n) is 2.86. The van der Waals surface area contributed by atoms with Crippen LogP contribution in [0.3, 0.4) is 0 Å². The maximum Gasteiger partial charge on any atom is 0.0423 e. The van der Waals surface area contributed by atoms with Crippen molar-refractivity contribution in [3.63, 3.8) is 0 Å². The van der Waals surface area contributed by atoms with Gasteiger partial charge in [-0.05, 0) is 59.0 Å². The van der Waals surface area contributed by atoms with E-state index in [1.54, 1.807) is 0 Å². The summed E-state index contributed by atoms with van der Waals surface area (Å²) < 4.78 is 1.17. The van der Waals surface area contributed by atoms with Gasteiger partial charge in [0.15, 0.2) is 0 Å². The summed E-state index contributed by atoms with van der Waals surface area (Å²) in [5, 5.41) is 5.57. The third-order valence-corrected chi connectivity index (χ3v) is 5.85. The van der Waals surface area contributed by atoms with Crippen molar-refractivity contribution in [2.75, 3.05) is 12.8 Å². The molecule has 2 rings (SSSR count). The molecule has 1 nitrogen and oxygen atoms in total. The molecule has 1 unspecified atom stereocenters. The Kier molecular flexibility index (Phi) is 5.30. The average Bonchev–Trinajstić information content (AvgIpc) is 2.79. The molecule has 0 radical (unpaired) electrons. The Labute approximate surface area is 125 Å². The van der Waals surface area contributed by atoms with Crippen LogP contribution in [0, 0.1) is 6.92 Å². The molecule has 1 N–H and O–H groups in total. The standard InChI is InChI=1S/C14H16BrNS2/c1-10-11(7-8-17-10)13(16-2)9-18-14-6-4-3-5-12(14)15/h3-8,13,16H,9H2,1-2H3. The zero-order valence-corrected chi connectivity index (χ0v) is 13.7. The highest BCUT2D eigenvalue weighted by Gasteiger charge is 2.13. The van der Waals surface area contributed by atoms with Crippen molar-refractivity contribution in [2.45, 2.75) is 17.9 Å². The van der Waals surface area contributed by atoms with E-state index in [4.69, 9.17) is 0 Å². The lowest BCUT2D eigenvalue weighted by molar-refractivity contribution is 0.661. The molecule has 0 aliphatic rings. The summed E-state index contributed by atoms with van der Waals surface area (Å²) in [7, 11) is 2.03. The molecule has 0 spiro atoms. The topological polar surface area (TPSA) is 12.0 Å². The number of halogens is 1. The predicted molar refractivity (Wildman–Crippen MR) is 85.7 cm³/mol. The monoisotopic (exact) mass is 341 g/mol. The second kappa shape index (κ2) is 6.75. The molecular weight excluding hydrogens is 326 g/mol. The largest absolute Gasteiger partial charge is 0.312 e. The molecule has 1 aromatic carbocycles. The first kappa shape index (κ1) is 14.1. The molecule has 1 heterocycles. The summed E-state index contributed by atoms with van der Waals surface area (Å²) in [5.74, 6) is 1.04. The van der Waals surface area contributed by atoms with Crippen molar-refractivity contribution in [3.8, 4) is 0 Å². The lowest BCUT2D eigenvalue weighted by Crippen LogP contribution is -2.18. The van der Waals surface area contributed by atoms with Gasteiger partial charge in [0, 0.05) is 26.0 Å². The van der Waals surface area contributed by atoms with Crippen molar-refractivity contribution in [1.82, 2.24) is 5.32 Å². The number of aryl methyl sites for hydroxylation is 1. The van der Waals surface area contributed by atoms with E-state index >= 15 is 0 Å². The molecule has 0 aliphatic heterocycles. The summed E-state index contributed by atoms with van der Waals surface area (Å²) in [4.78, 5) is 2.70. The van der Waals surface area contributed by atoms with Gasteiger partial charge in [0.25, 0.3) is 0 Å². The first-order valence-corrected chi connectivity index (χ1v) is 8.46. The van der Waals surface area contributed by atoms with Gasteiger partial charge in [0.2, 0.25) is 0 Å². The summed E-state index contributed by atoms with van der Waals surface area (Å²) in [6, 6.07) is 11.0. The Morgan fingerprint density at radius 3 is 2.72 bits per heavy atom. The van der Waals surface area contributed by atoms with E-state index in [0.717, 1.165) is 5.75 Å². The van der Waals surface area contributed by atoms with E-state index in [0.29, 0.717) is 6.04 Å². The van der Waals surface area contributed by atoms with Crippen LogP contribution in [0.1, 0.15) is 16.5 Å². The van der Waals surface area contributed by atoms with Crippen LogP contribution < -0.4 is 5.32 Å². The van der Waals surface area contributed by atoms with E-state index in [2.05, 4.69) is 57.8 Å². The number of benzene rings is 1. The smallest absolute Gasteiger partial charge is 0.0423 e. The fourth-order valence-electron chi connectivity index (χ4n) is 1.82.